The largest absolute Gasteiger partial charge is 0.478 e. The zero-order valence-electron chi connectivity index (χ0n) is 9.73. The molecule has 1 aromatic rings. The highest BCUT2D eigenvalue weighted by Gasteiger charge is 2.33. The Morgan fingerprint density at radius 1 is 1.44 bits per heavy atom. The quantitative estimate of drug-likeness (QED) is 0.770. The number of hydrogen-bond acceptors (Lipinski definition) is 3. The van der Waals surface area contributed by atoms with E-state index in [1.807, 2.05) is 20.8 Å². The molecule has 0 aliphatic rings. The summed E-state index contributed by atoms with van der Waals surface area (Å²) in [4.78, 5) is 11.1. The van der Waals surface area contributed by atoms with Crippen LogP contribution in [0.5, 0.6) is 5.75 Å². The van der Waals surface area contributed by atoms with Crippen LogP contribution in [-0.2, 0) is 4.79 Å². The van der Waals surface area contributed by atoms with Gasteiger partial charge in [0.15, 0.2) is 6.10 Å². The zero-order chi connectivity index (χ0) is 12.3. The number of rotatable bonds is 3. The first kappa shape index (κ1) is 12.4. The van der Waals surface area contributed by atoms with Gasteiger partial charge in [-0.3, -0.25) is 0 Å². The monoisotopic (exact) mass is 223 g/mol. The third kappa shape index (κ3) is 3.15. The predicted octanol–water partition coefficient (Wildman–Crippen LogP) is 2.15. The third-order valence-corrected chi connectivity index (χ3v) is 2.12. The van der Waals surface area contributed by atoms with Gasteiger partial charge in [0.05, 0.1) is 0 Å². The maximum absolute atomic E-state index is 11.1. The average molecular weight is 223 g/mol. The van der Waals surface area contributed by atoms with Crippen molar-refractivity contribution in [1.82, 2.24) is 0 Å². The molecule has 0 saturated heterocycles. The molecule has 0 amide bonds. The second-order valence-electron chi connectivity index (χ2n) is 4.77. The molecular formula is C12H17NO3. The van der Waals surface area contributed by atoms with Crippen molar-refractivity contribution in [1.29, 1.82) is 0 Å². The van der Waals surface area contributed by atoms with Gasteiger partial charge in [-0.2, -0.15) is 0 Å². The minimum Gasteiger partial charge on any atom is -0.478 e. The highest BCUT2D eigenvalue weighted by atomic mass is 16.5. The molecule has 0 heterocycles. The second-order valence-corrected chi connectivity index (χ2v) is 4.77. The Bertz CT molecular complexity index is 382. The molecule has 1 aromatic carbocycles. The van der Waals surface area contributed by atoms with Gasteiger partial charge in [0.2, 0.25) is 0 Å². The van der Waals surface area contributed by atoms with E-state index in [1.165, 1.54) is 0 Å². The fourth-order valence-electron chi connectivity index (χ4n) is 1.32. The van der Waals surface area contributed by atoms with Gasteiger partial charge in [-0.1, -0.05) is 26.8 Å². The summed E-state index contributed by atoms with van der Waals surface area (Å²) >= 11 is 0. The first-order valence-electron chi connectivity index (χ1n) is 5.05. The molecule has 1 unspecified atom stereocenters. The topological polar surface area (TPSA) is 72.5 Å². The number of ether oxygens (including phenoxy) is 1. The first-order chi connectivity index (χ1) is 7.30. The van der Waals surface area contributed by atoms with Crippen LogP contribution in [0.15, 0.2) is 24.3 Å². The lowest BCUT2D eigenvalue weighted by Crippen LogP contribution is -2.39. The number of benzene rings is 1. The van der Waals surface area contributed by atoms with Gasteiger partial charge in [-0.15, -0.1) is 0 Å². The van der Waals surface area contributed by atoms with E-state index in [0.29, 0.717) is 11.4 Å². The van der Waals surface area contributed by atoms with Crippen LogP contribution in [-0.4, -0.2) is 17.2 Å². The minimum absolute atomic E-state index is 0.474. The van der Waals surface area contributed by atoms with Crippen LogP contribution >= 0.6 is 0 Å². The van der Waals surface area contributed by atoms with E-state index in [1.54, 1.807) is 24.3 Å². The molecule has 0 aromatic heterocycles. The van der Waals surface area contributed by atoms with Gasteiger partial charge < -0.3 is 15.6 Å². The van der Waals surface area contributed by atoms with Crippen molar-refractivity contribution in [2.24, 2.45) is 5.41 Å². The first-order valence-corrected chi connectivity index (χ1v) is 5.05. The highest BCUT2D eigenvalue weighted by Crippen LogP contribution is 2.26. The molecule has 3 N–H and O–H groups in total. The molecule has 0 radical (unpaired) electrons. The molecular weight excluding hydrogens is 206 g/mol. The maximum Gasteiger partial charge on any atom is 0.345 e. The molecule has 4 nitrogen and oxygen atoms in total. The van der Waals surface area contributed by atoms with Gasteiger partial charge in [0.25, 0.3) is 0 Å². The summed E-state index contributed by atoms with van der Waals surface area (Å²) in [6.45, 7) is 5.45. The van der Waals surface area contributed by atoms with Crippen molar-refractivity contribution in [3.8, 4) is 5.75 Å². The lowest BCUT2D eigenvalue weighted by Gasteiger charge is -2.27. The average Bonchev–Trinajstić information content (AvgIpc) is 2.12. The van der Waals surface area contributed by atoms with Crippen LogP contribution in [0.25, 0.3) is 0 Å². The van der Waals surface area contributed by atoms with Gasteiger partial charge in [0, 0.05) is 17.2 Å². The summed E-state index contributed by atoms with van der Waals surface area (Å²) in [5, 5.41) is 9.08. The van der Waals surface area contributed by atoms with E-state index in [0.717, 1.165) is 0 Å². The SMILES string of the molecule is CC(C)(C)C(Oc1cccc(N)c1)C(=O)O. The number of hydrogen-bond donors (Lipinski definition) is 2. The molecule has 0 fully saturated rings. The Morgan fingerprint density at radius 2 is 2.06 bits per heavy atom. The lowest BCUT2D eigenvalue weighted by molar-refractivity contribution is -0.150. The smallest absolute Gasteiger partial charge is 0.345 e. The maximum atomic E-state index is 11.1. The zero-order valence-corrected chi connectivity index (χ0v) is 9.73. The number of nitrogen functional groups attached to an aromatic ring is 1. The summed E-state index contributed by atoms with van der Waals surface area (Å²) in [6, 6.07) is 6.76. The Morgan fingerprint density at radius 3 is 2.50 bits per heavy atom. The van der Waals surface area contributed by atoms with E-state index < -0.39 is 17.5 Å². The summed E-state index contributed by atoms with van der Waals surface area (Å²) in [6.07, 6.45) is -0.894. The number of carboxylic acid groups (broad SMARTS) is 1. The van der Waals surface area contributed by atoms with Crippen molar-refractivity contribution in [2.45, 2.75) is 26.9 Å². The molecule has 0 aliphatic carbocycles. The molecule has 0 saturated carbocycles. The molecule has 0 aliphatic heterocycles. The molecule has 16 heavy (non-hydrogen) atoms. The van der Waals surface area contributed by atoms with E-state index in [-0.39, 0.29) is 0 Å². The van der Waals surface area contributed by atoms with Crippen LogP contribution in [0.2, 0.25) is 0 Å². The van der Waals surface area contributed by atoms with Crippen molar-refractivity contribution >= 4 is 11.7 Å². The van der Waals surface area contributed by atoms with Crippen molar-refractivity contribution in [3.63, 3.8) is 0 Å². The highest BCUT2D eigenvalue weighted by molar-refractivity contribution is 5.73. The van der Waals surface area contributed by atoms with E-state index in [2.05, 4.69) is 0 Å². The van der Waals surface area contributed by atoms with Crippen LogP contribution in [0.3, 0.4) is 0 Å². The Hall–Kier alpha value is -1.71. The van der Waals surface area contributed by atoms with Gasteiger partial charge in [-0.25, -0.2) is 4.79 Å². The fraction of sp³-hybridized carbons (Fsp3) is 0.417. The molecule has 1 atom stereocenters. The summed E-state index contributed by atoms with van der Waals surface area (Å²) in [5.74, 6) is -0.503. The summed E-state index contributed by atoms with van der Waals surface area (Å²) in [7, 11) is 0. The molecule has 88 valence electrons. The molecule has 0 bridgehead atoms. The van der Waals surface area contributed by atoms with Crippen LogP contribution in [0.1, 0.15) is 20.8 Å². The molecule has 4 heteroatoms. The van der Waals surface area contributed by atoms with Crippen LogP contribution in [0, 0.1) is 5.41 Å². The predicted molar refractivity (Wildman–Crippen MR) is 62.4 cm³/mol. The molecule has 1 rings (SSSR count). The number of aliphatic carboxylic acids is 1. The Balaban J connectivity index is 2.89. The Kier molecular flexibility index (Phi) is 3.42. The van der Waals surface area contributed by atoms with Crippen molar-refractivity contribution in [2.75, 3.05) is 5.73 Å². The number of carboxylic acids is 1. The van der Waals surface area contributed by atoms with Gasteiger partial charge in [-0.05, 0) is 12.1 Å². The van der Waals surface area contributed by atoms with Crippen molar-refractivity contribution < 1.29 is 14.6 Å². The van der Waals surface area contributed by atoms with E-state index in [4.69, 9.17) is 15.6 Å². The van der Waals surface area contributed by atoms with Gasteiger partial charge >= 0.3 is 5.97 Å². The second kappa shape index (κ2) is 4.43. The summed E-state index contributed by atoms with van der Waals surface area (Å²) in [5.41, 5.74) is 5.67. The number of carbonyl (C=O) groups is 1. The minimum atomic E-state index is -0.977. The van der Waals surface area contributed by atoms with Gasteiger partial charge in [0.1, 0.15) is 5.75 Å². The normalized spacial score (nSPS) is 13.2. The Labute approximate surface area is 95.0 Å². The van der Waals surface area contributed by atoms with Crippen molar-refractivity contribution in [3.05, 3.63) is 24.3 Å². The third-order valence-electron chi connectivity index (χ3n) is 2.12. The van der Waals surface area contributed by atoms with Crippen LogP contribution < -0.4 is 10.5 Å². The lowest BCUT2D eigenvalue weighted by atomic mass is 9.89. The summed E-state index contributed by atoms with van der Waals surface area (Å²) < 4.78 is 5.44. The number of anilines is 1. The van der Waals surface area contributed by atoms with E-state index in [9.17, 15) is 4.79 Å². The van der Waals surface area contributed by atoms with Crippen LogP contribution in [0.4, 0.5) is 5.69 Å². The fourth-order valence-corrected chi connectivity index (χ4v) is 1.32. The number of nitrogens with two attached hydrogens (primary N) is 1. The molecule has 0 spiro atoms. The standard InChI is InChI=1S/C12H17NO3/c1-12(2,3)10(11(14)15)16-9-6-4-5-8(13)7-9/h4-7,10H,13H2,1-3H3,(H,14,15). The van der Waals surface area contributed by atoms with E-state index >= 15 is 0 Å².